The fourth-order valence-corrected chi connectivity index (χ4v) is 8.99. The van der Waals surface area contributed by atoms with Gasteiger partial charge in [0.1, 0.15) is 0 Å². The smallest absolute Gasteiger partial charge is 0.00259 e. The molecule has 0 unspecified atom stereocenters. The van der Waals surface area contributed by atoms with Gasteiger partial charge in [-0.1, -0.05) is 194 Å². The van der Waals surface area contributed by atoms with Gasteiger partial charge in [0.25, 0.3) is 0 Å². The molecule has 0 saturated carbocycles. The second-order valence-electron chi connectivity index (χ2n) is 14.8. The highest BCUT2D eigenvalue weighted by molar-refractivity contribution is 6.22. The van der Waals surface area contributed by atoms with E-state index in [4.69, 9.17) is 0 Å². The van der Waals surface area contributed by atoms with E-state index in [1.807, 2.05) is 0 Å². The average Bonchev–Trinajstić information content (AvgIpc) is 3.27. The molecule has 0 fully saturated rings. The quantitative estimate of drug-likeness (QED) is 0.156. The van der Waals surface area contributed by atoms with Crippen molar-refractivity contribution in [1.29, 1.82) is 0 Å². The van der Waals surface area contributed by atoms with E-state index in [0.29, 0.717) is 0 Å². The molecule has 56 heavy (non-hydrogen) atoms. The number of rotatable bonds is 5. The summed E-state index contributed by atoms with van der Waals surface area (Å²) in [4.78, 5) is 0. The van der Waals surface area contributed by atoms with Gasteiger partial charge in [0.15, 0.2) is 0 Å². The Morgan fingerprint density at radius 2 is 0.589 bits per heavy atom. The summed E-state index contributed by atoms with van der Waals surface area (Å²) < 4.78 is 0. The third-order valence-electron chi connectivity index (χ3n) is 11.6. The van der Waals surface area contributed by atoms with Crippen LogP contribution < -0.4 is 0 Å². The summed E-state index contributed by atoms with van der Waals surface area (Å²) in [5.41, 5.74) is 12.3. The minimum Gasteiger partial charge on any atom is -0.0616 e. The molecule has 0 bridgehead atoms. The van der Waals surface area contributed by atoms with Gasteiger partial charge in [0.05, 0.1) is 0 Å². The van der Waals surface area contributed by atoms with Gasteiger partial charge in [0.2, 0.25) is 0 Å². The highest BCUT2D eigenvalue weighted by Gasteiger charge is 2.19. The molecular weight excluding hydrogens is 673 g/mol. The van der Waals surface area contributed by atoms with Gasteiger partial charge >= 0.3 is 0 Å². The van der Waals surface area contributed by atoms with Crippen molar-refractivity contribution in [2.45, 2.75) is 0 Å². The Morgan fingerprint density at radius 3 is 1.25 bits per heavy atom. The van der Waals surface area contributed by atoms with Crippen LogP contribution in [0.5, 0.6) is 0 Å². The van der Waals surface area contributed by atoms with Gasteiger partial charge < -0.3 is 0 Å². The predicted octanol–water partition coefficient (Wildman–Crippen LogP) is 15.8. The van der Waals surface area contributed by atoms with Crippen molar-refractivity contribution >= 4 is 53.9 Å². The maximum absolute atomic E-state index is 2.44. The highest BCUT2D eigenvalue weighted by Crippen LogP contribution is 2.46. The van der Waals surface area contributed by atoms with Crippen LogP contribution in [-0.4, -0.2) is 0 Å². The van der Waals surface area contributed by atoms with Crippen molar-refractivity contribution in [3.8, 4) is 55.6 Å². The summed E-state index contributed by atoms with van der Waals surface area (Å²) in [7, 11) is 0. The van der Waals surface area contributed by atoms with Crippen molar-refractivity contribution in [3.63, 3.8) is 0 Å². The SMILES string of the molecule is c1cc(-c2ccc3ccccc3c2)cc(-c2c3ccccc3c(-c3cccc(-c4cccc5ccccc45)c3)c3cc(-c4cccc5ccccc45)ccc23)c1. The molecule has 0 heteroatoms. The van der Waals surface area contributed by atoms with Crippen LogP contribution in [0.15, 0.2) is 218 Å². The molecule has 0 N–H and O–H groups in total. The van der Waals surface area contributed by atoms with Crippen LogP contribution >= 0.6 is 0 Å². The zero-order valence-corrected chi connectivity index (χ0v) is 30.8. The maximum Gasteiger partial charge on any atom is -0.00259 e. The average molecular weight is 709 g/mol. The molecule has 0 nitrogen and oxygen atoms in total. The van der Waals surface area contributed by atoms with Gasteiger partial charge in [0, 0.05) is 0 Å². The summed E-state index contributed by atoms with van der Waals surface area (Å²) >= 11 is 0. The third-order valence-corrected chi connectivity index (χ3v) is 11.6. The monoisotopic (exact) mass is 708 g/mol. The van der Waals surface area contributed by atoms with Crippen LogP contribution in [-0.2, 0) is 0 Å². The van der Waals surface area contributed by atoms with E-state index >= 15 is 0 Å². The number of benzene rings is 11. The molecular formula is C56H36. The largest absolute Gasteiger partial charge is 0.0616 e. The Morgan fingerprint density at radius 1 is 0.179 bits per heavy atom. The molecule has 0 aliphatic carbocycles. The summed E-state index contributed by atoms with van der Waals surface area (Å²) in [5, 5.41) is 12.5. The van der Waals surface area contributed by atoms with Gasteiger partial charge in [-0.2, -0.15) is 0 Å². The second kappa shape index (κ2) is 13.2. The fraction of sp³-hybridized carbons (Fsp3) is 0. The molecule has 0 aromatic heterocycles. The first-order chi connectivity index (χ1) is 27.8. The minimum absolute atomic E-state index is 1.21. The molecule has 0 heterocycles. The third kappa shape index (κ3) is 5.38. The summed E-state index contributed by atoms with van der Waals surface area (Å²) in [6, 6.07) is 80.5. The first kappa shape index (κ1) is 32.2. The fourth-order valence-electron chi connectivity index (χ4n) is 8.99. The van der Waals surface area contributed by atoms with E-state index in [1.165, 1.54) is 109 Å². The molecule has 11 aromatic rings. The zero-order chi connectivity index (χ0) is 37.0. The molecule has 0 radical (unpaired) electrons. The van der Waals surface area contributed by atoms with E-state index < -0.39 is 0 Å². The number of fused-ring (bicyclic) bond motifs is 5. The van der Waals surface area contributed by atoms with E-state index in [9.17, 15) is 0 Å². The standard InChI is InChI=1S/C56H36/c1-2-16-40-33-42(30-29-37(40)13-1)41-19-9-21-45(34-41)55-51-25-7-8-26-52(51)56(46-22-10-20-43(35-46)49-27-11-17-38-14-3-5-23-47(38)49)54-36-44(31-32-53(54)55)50-28-12-18-39-15-4-6-24-48(39)50/h1-36H. The Hall–Kier alpha value is -7.28. The van der Waals surface area contributed by atoms with Crippen LogP contribution in [0.3, 0.4) is 0 Å². The molecule has 11 aromatic carbocycles. The van der Waals surface area contributed by atoms with Crippen molar-refractivity contribution in [3.05, 3.63) is 218 Å². The first-order valence-electron chi connectivity index (χ1n) is 19.4. The van der Waals surface area contributed by atoms with Gasteiger partial charge in [-0.25, -0.2) is 0 Å². The molecule has 11 rings (SSSR count). The molecule has 0 amide bonds. The normalized spacial score (nSPS) is 11.6. The lowest BCUT2D eigenvalue weighted by Crippen LogP contribution is -1.93. The highest BCUT2D eigenvalue weighted by atomic mass is 14.2. The van der Waals surface area contributed by atoms with Crippen molar-refractivity contribution in [2.75, 3.05) is 0 Å². The van der Waals surface area contributed by atoms with Crippen molar-refractivity contribution in [2.24, 2.45) is 0 Å². The molecule has 0 aliphatic rings. The zero-order valence-electron chi connectivity index (χ0n) is 30.8. The van der Waals surface area contributed by atoms with Gasteiger partial charge in [-0.15, -0.1) is 0 Å². The molecule has 0 aliphatic heterocycles. The lowest BCUT2D eigenvalue weighted by atomic mass is 9.83. The number of hydrogen-bond donors (Lipinski definition) is 0. The van der Waals surface area contributed by atoms with E-state index in [1.54, 1.807) is 0 Å². The van der Waals surface area contributed by atoms with Crippen LogP contribution in [0, 0.1) is 0 Å². The van der Waals surface area contributed by atoms with Crippen molar-refractivity contribution in [1.82, 2.24) is 0 Å². The van der Waals surface area contributed by atoms with Crippen LogP contribution in [0.1, 0.15) is 0 Å². The molecule has 260 valence electrons. The first-order valence-corrected chi connectivity index (χ1v) is 19.4. The Bertz CT molecular complexity index is 3300. The summed E-state index contributed by atoms with van der Waals surface area (Å²) in [5.74, 6) is 0. The predicted molar refractivity (Wildman–Crippen MR) is 241 cm³/mol. The van der Waals surface area contributed by atoms with Crippen LogP contribution in [0.25, 0.3) is 109 Å². The summed E-state index contributed by atoms with van der Waals surface area (Å²) in [6.07, 6.45) is 0. The van der Waals surface area contributed by atoms with E-state index in [-0.39, 0.29) is 0 Å². The maximum atomic E-state index is 2.44. The Labute approximate surface area is 326 Å². The van der Waals surface area contributed by atoms with E-state index in [2.05, 4.69) is 218 Å². The van der Waals surface area contributed by atoms with E-state index in [0.717, 1.165) is 0 Å². The van der Waals surface area contributed by atoms with Crippen LogP contribution in [0.4, 0.5) is 0 Å². The number of hydrogen-bond acceptors (Lipinski definition) is 0. The minimum atomic E-state index is 1.21. The topological polar surface area (TPSA) is 0 Å². The summed E-state index contributed by atoms with van der Waals surface area (Å²) in [6.45, 7) is 0. The van der Waals surface area contributed by atoms with Crippen molar-refractivity contribution < 1.29 is 0 Å². The second-order valence-corrected chi connectivity index (χ2v) is 14.8. The Kier molecular flexibility index (Phi) is 7.60. The molecule has 0 spiro atoms. The lowest BCUT2D eigenvalue weighted by molar-refractivity contribution is 1.62. The molecule has 0 saturated heterocycles. The lowest BCUT2D eigenvalue weighted by Gasteiger charge is -2.20. The van der Waals surface area contributed by atoms with Gasteiger partial charge in [-0.05, 0) is 134 Å². The Balaban J connectivity index is 1.19. The van der Waals surface area contributed by atoms with Crippen LogP contribution in [0.2, 0.25) is 0 Å². The van der Waals surface area contributed by atoms with Gasteiger partial charge in [-0.3, -0.25) is 0 Å². The molecule has 0 atom stereocenters.